The van der Waals surface area contributed by atoms with Gasteiger partial charge in [0.2, 0.25) is 0 Å². The predicted octanol–water partition coefficient (Wildman–Crippen LogP) is 5.00. The van der Waals surface area contributed by atoms with Gasteiger partial charge in [0.1, 0.15) is 5.75 Å². The van der Waals surface area contributed by atoms with E-state index in [1.807, 2.05) is 13.8 Å². The Morgan fingerprint density at radius 1 is 1.19 bits per heavy atom. The summed E-state index contributed by atoms with van der Waals surface area (Å²) >= 11 is 6.16. The number of aryl methyl sites for hydroxylation is 1. The van der Waals surface area contributed by atoms with Crippen molar-refractivity contribution in [3.05, 3.63) is 70.5 Å². The first-order chi connectivity index (χ1) is 12.8. The molecule has 2 aromatic carbocycles. The van der Waals surface area contributed by atoms with Gasteiger partial charge in [-0.3, -0.25) is 4.79 Å². The predicted molar refractivity (Wildman–Crippen MR) is 99.1 cm³/mol. The number of carbonyl (C=O) groups excluding carboxylic acids is 1. The third-order valence-corrected chi connectivity index (χ3v) is 4.44. The number of nitrogens with one attached hydrogen (secondary N) is 1. The largest absolute Gasteiger partial charge is 0.435 e. The highest BCUT2D eigenvalue weighted by molar-refractivity contribution is 6.31. The van der Waals surface area contributed by atoms with E-state index >= 15 is 0 Å². The van der Waals surface area contributed by atoms with Crippen LogP contribution < -0.4 is 10.1 Å². The SMILES string of the molecule is Cc1nn(-c2ccc(C(=O)Nc3cccc(OC(F)F)c3)cc2)c(C)c1Cl. The number of aromatic nitrogens is 2. The van der Waals surface area contributed by atoms with E-state index in [-0.39, 0.29) is 11.7 Å². The van der Waals surface area contributed by atoms with Crippen molar-refractivity contribution in [1.82, 2.24) is 9.78 Å². The van der Waals surface area contributed by atoms with Crippen LogP contribution >= 0.6 is 11.6 Å². The van der Waals surface area contributed by atoms with Crippen molar-refractivity contribution in [3.63, 3.8) is 0 Å². The number of rotatable bonds is 5. The van der Waals surface area contributed by atoms with Gasteiger partial charge in [-0.1, -0.05) is 17.7 Å². The molecule has 140 valence electrons. The van der Waals surface area contributed by atoms with Crippen LogP contribution in [0.2, 0.25) is 5.02 Å². The Labute approximate surface area is 159 Å². The molecule has 0 saturated carbocycles. The highest BCUT2D eigenvalue weighted by atomic mass is 35.5. The molecule has 27 heavy (non-hydrogen) atoms. The number of hydrogen-bond acceptors (Lipinski definition) is 3. The number of alkyl halides is 2. The van der Waals surface area contributed by atoms with Crippen LogP contribution in [0.25, 0.3) is 5.69 Å². The molecular formula is C19H16ClF2N3O2. The number of carbonyl (C=O) groups is 1. The molecule has 5 nitrogen and oxygen atoms in total. The fourth-order valence-electron chi connectivity index (χ4n) is 2.58. The molecule has 0 spiro atoms. The van der Waals surface area contributed by atoms with Crippen LogP contribution in [0.1, 0.15) is 21.7 Å². The standard InChI is InChI=1S/C19H16ClF2N3O2/c1-11-17(20)12(2)25(24-11)15-8-6-13(7-9-15)18(26)23-14-4-3-5-16(10-14)27-19(21)22/h3-10,19H,1-2H3,(H,23,26). The highest BCUT2D eigenvalue weighted by Gasteiger charge is 2.12. The summed E-state index contributed by atoms with van der Waals surface area (Å²) in [5.74, 6) is -0.401. The third-order valence-electron chi connectivity index (χ3n) is 3.89. The van der Waals surface area contributed by atoms with Crippen LogP contribution in [0, 0.1) is 13.8 Å². The van der Waals surface area contributed by atoms with Crippen molar-refractivity contribution in [2.75, 3.05) is 5.32 Å². The fourth-order valence-corrected chi connectivity index (χ4v) is 2.70. The van der Waals surface area contributed by atoms with Gasteiger partial charge >= 0.3 is 6.61 Å². The summed E-state index contributed by atoms with van der Waals surface area (Å²) in [7, 11) is 0. The van der Waals surface area contributed by atoms with Crippen molar-refractivity contribution in [2.24, 2.45) is 0 Å². The number of benzene rings is 2. The molecule has 1 N–H and O–H groups in total. The van der Waals surface area contributed by atoms with Crippen LogP contribution in [-0.2, 0) is 0 Å². The van der Waals surface area contributed by atoms with Crippen LogP contribution in [-0.4, -0.2) is 22.3 Å². The van der Waals surface area contributed by atoms with E-state index in [1.165, 1.54) is 18.2 Å². The Morgan fingerprint density at radius 3 is 2.48 bits per heavy atom. The normalized spacial score (nSPS) is 10.9. The van der Waals surface area contributed by atoms with Crippen molar-refractivity contribution in [2.45, 2.75) is 20.5 Å². The summed E-state index contributed by atoms with van der Waals surface area (Å²) in [5.41, 5.74) is 3.06. The Hall–Kier alpha value is -2.93. The number of hydrogen-bond donors (Lipinski definition) is 1. The zero-order valence-electron chi connectivity index (χ0n) is 14.5. The smallest absolute Gasteiger partial charge is 0.387 e. The van der Waals surface area contributed by atoms with Gasteiger partial charge in [0, 0.05) is 17.3 Å². The minimum Gasteiger partial charge on any atom is -0.435 e. The summed E-state index contributed by atoms with van der Waals surface area (Å²) in [6, 6.07) is 12.6. The average molecular weight is 392 g/mol. The molecule has 0 aliphatic heterocycles. The number of amides is 1. The van der Waals surface area contributed by atoms with Crippen LogP contribution in [0.5, 0.6) is 5.75 Å². The zero-order valence-corrected chi connectivity index (χ0v) is 15.3. The first kappa shape index (κ1) is 18.8. The molecule has 0 saturated heterocycles. The maximum absolute atomic E-state index is 12.4. The van der Waals surface area contributed by atoms with Gasteiger partial charge in [0.25, 0.3) is 5.91 Å². The van der Waals surface area contributed by atoms with E-state index in [0.29, 0.717) is 16.3 Å². The lowest BCUT2D eigenvalue weighted by Crippen LogP contribution is -2.12. The summed E-state index contributed by atoms with van der Waals surface area (Å²) in [6.07, 6.45) is 0. The van der Waals surface area contributed by atoms with Crippen LogP contribution in [0.4, 0.5) is 14.5 Å². The van der Waals surface area contributed by atoms with E-state index in [9.17, 15) is 13.6 Å². The zero-order chi connectivity index (χ0) is 19.6. The highest BCUT2D eigenvalue weighted by Crippen LogP contribution is 2.23. The lowest BCUT2D eigenvalue weighted by molar-refractivity contribution is -0.0497. The molecule has 0 aliphatic rings. The Bertz CT molecular complexity index is 972. The topological polar surface area (TPSA) is 56.2 Å². The van der Waals surface area contributed by atoms with Gasteiger partial charge in [0.15, 0.2) is 0 Å². The summed E-state index contributed by atoms with van der Waals surface area (Å²) in [6.45, 7) is 0.753. The summed E-state index contributed by atoms with van der Waals surface area (Å²) in [4.78, 5) is 12.4. The quantitative estimate of drug-likeness (QED) is 0.666. The third kappa shape index (κ3) is 4.25. The molecule has 1 amide bonds. The molecule has 0 bridgehead atoms. The summed E-state index contributed by atoms with van der Waals surface area (Å²) < 4.78 is 30.6. The lowest BCUT2D eigenvalue weighted by atomic mass is 10.2. The molecule has 3 rings (SSSR count). The molecule has 0 fully saturated rings. The first-order valence-corrected chi connectivity index (χ1v) is 8.41. The molecule has 0 radical (unpaired) electrons. The van der Waals surface area contributed by atoms with E-state index in [4.69, 9.17) is 11.6 Å². The maximum Gasteiger partial charge on any atom is 0.387 e. The lowest BCUT2D eigenvalue weighted by Gasteiger charge is -2.09. The summed E-state index contributed by atoms with van der Waals surface area (Å²) in [5, 5.41) is 7.61. The number of halogens is 3. The van der Waals surface area contributed by atoms with Gasteiger partial charge in [-0.25, -0.2) is 4.68 Å². The Balaban J connectivity index is 1.75. The molecule has 0 aliphatic carbocycles. The van der Waals surface area contributed by atoms with Crippen LogP contribution in [0.15, 0.2) is 48.5 Å². The molecule has 3 aromatic rings. The van der Waals surface area contributed by atoms with Crippen molar-refractivity contribution in [1.29, 1.82) is 0 Å². The van der Waals surface area contributed by atoms with Gasteiger partial charge < -0.3 is 10.1 Å². The monoisotopic (exact) mass is 391 g/mol. The van der Waals surface area contributed by atoms with Gasteiger partial charge in [-0.15, -0.1) is 0 Å². The maximum atomic E-state index is 12.4. The Kier molecular flexibility index (Phi) is 5.41. The Morgan fingerprint density at radius 2 is 1.89 bits per heavy atom. The van der Waals surface area contributed by atoms with E-state index in [0.717, 1.165) is 17.1 Å². The molecule has 1 aromatic heterocycles. The number of ether oxygens (including phenoxy) is 1. The van der Waals surface area contributed by atoms with E-state index < -0.39 is 6.61 Å². The van der Waals surface area contributed by atoms with Crippen LogP contribution in [0.3, 0.4) is 0 Å². The average Bonchev–Trinajstić information content (AvgIpc) is 2.89. The number of anilines is 1. The fraction of sp³-hybridized carbons (Fsp3) is 0.158. The molecule has 0 atom stereocenters. The molecular weight excluding hydrogens is 376 g/mol. The minimum absolute atomic E-state index is 0.0282. The van der Waals surface area contributed by atoms with Crippen molar-refractivity contribution >= 4 is 23.2 Å². The van der Waals surface area contributed by atoms with Gasteiger partial charge in [-0.2, -0.15) is 13.9 Å². The van der Waals surface area contributed by atoms with Crippen molar-refractivity contribution < 1.29 is 18.3 Å². The molecule has 1 heterocycles. The second-order valence-electron chi connectivity index (χ2n) is 5.80. The van der Waals surface area contributed by atoms with E-state index in [1.54, 1.807) is 35.0 Å². The second kappa shape index (κ2) is 7.75. The van der Waals surface area contributed by atoms with Gasteiger partial charge in [0.05, 0.1) is 22.1 Å². The molecule has 8 heteroatoms. The number of nitrogens with zero attached hydrogens (tertiary/aromatic N) is 2. The minimum atomic E-state index is -2.92. The van der Waals surface area contributed by atoms with E-state index in [2.05, 4.69) is 15.2 Å². The second-order valence-corrected chi connectivity index (χ2v) is 6.18. The van der Waals surface area contributed by atoms with Gasteiger partial charge in [-0.05, 0) is 50.2 Å². The first-order valence-electron chi connectivity index (χ1n) is 8.03. The molecule has 0 unspecified atom stereocenters. The van der Waals surface area contributed by atoms with Crippen molar-refractivity contribution in [3.8, 4) is 11.4 Å².